The van der Waals surface area contributed by atoms with Gasteiger partial charge in [0.15, 0.2) is 5.76 Å². The van der Waals surface area contributed by atoms with Gasteiger partial charge in [-0.25, -0.2) is 0 Å². The second kappa shape index (κ2) is 9.24. The molecule has 32 heavy (non-hydrogen) atoms. The van der Waals surface area contributed by atoms with Crippen molar-refractivity contribution < 1.29 is 13.7 Å². The Hall–Kier alpha value is -2.38. The van der Waals surface area contributed by atoms with Gasteiger partial charge in [0.05, 0.1) is 5.69 Å². The lowest BCUT2D eigenvalue weighted by atomic mass is 9.94. The first kappa shape index (κ1) is 22.8. The maximum atomic E-state index is 13.3. The number of nitrogens with zero attached hydrogens (tertiary/aromatic N) is 3. The number of benzene rings is 1. The molecule has 1 aliphatic rings. The number of amides is 1. The molecular weight excluding hydrogens is 470 g/mol. The summed E-state index contributed by atoms with van der Waals surface area (Å²) in [5.74, 6) is 2.01. The van der Waals surface area contributed by atoms with Crippen LogP contribution in [0.4, 0.5) is 0 Å². The van der Waals surface area contributed by atoms with Gasteiger partial charge in [-0.3, -0.25) is 9.69 Å². The summed E-state index contributed by atoms with van der Waals surface area (Å²) in [6.07, 6.45) is 0. The van der Waals surface area contributed by atoms with Crippen LogP contribution in [0.5, 0.6) is 0 Å². The van der Waals surface area contributed by atoms with Crippen molar-refractivity contribution in [2.75, 3.05) is 26.2 Å². The summed E-state index contributed by atoms with van der Waals surface area (Å²) in [4.78, 5) is 17.6. The van der Waals surface area contributed by atoms with Crippen LogP contribution >= 0.6 is 15.9 Å². The zero-order valence-corrected chi connectivity index (χ0v) is 21.0. The minimum atomic E-state index is -0.0238. The minimum Gasteiger partial charge on any atom is -0.455 e. The molecule has 3 aromatic rings. The number of aryl methyl sites for hydroxylation is 2. The van der Waals surface area contributed by atoms with Crippen LogP contribution in [0.2, 0.25) is 0 Å². The zero-order valence-electron chi connectivity index (χ0n) is 19.4. The molecule has 1 fully saturated rings. The molecule has 0 radical (unpaired) electrons. The molecule has 0 spiro atoms. The van der Waals surface area contributed by atoms with Crippen LogP contribution in [0.15, 0.2) is 37.7 Å². The van der Waals surface area contributed by atoms with Gasteiger partial charge in [-0.15, -0.1) is 0 Å². The first-order valence-corrected chi connectivity index (χ1v) is 11.8. The molecule has 1 atom stereocenters. The van der Waals surface area contributed by atoms with Gasteiger partial charge in [-0.1, -0.05) is 40.1 Å². The number of hydrogen-bond donors (Lipinski definition) is 0. The predicted molar refractivity (Wildman–Crippen MR) is 127 cm³/mol. The highest BCUT2D eigenvalue weighted by atomic mass is 79.9. The van der Waals surface area contributed by atoms with Crippen LogP contribution in [0.25, 0.3) is 0 Å². The number of halogens is 1. The number of aromatic nitrogens is 1. The van der Waals surface area contributed by atoms with Crippen molar-refractivity contribution in [2.45, 2.75) is 47.1 Å². The smallest absolute Gasteiger partial charge is 0.289 e. The largest absolute Gasteiger partial charge is 0.455 e. The Labute approximate surface area is 197 Å². The number of furan rings is 1. The van der Waals surface area contributed by atoms with E-state index in [1.165, 1.54) is 5.56 Å². The van der Waals surface area contributed by atoms with Gasteiger partial charge in [0.25, 0.3) is 5.91 Å². The second-order valence-corrected chi connectivity index (χ2v) is 9.62. The van der Waals surface area contributed by atoms with Crippen LogP contribution < -0.4 is 0 Å². The molecule has 0 N–H and O–H groups in total. The van der Waals surface area contributed by atoms with E-state index in [0.29, 0.717) is 18.8 Å². The van der Waals surface area contributed by atoms with E-state index in [2.05, 4.69) is 57.2 Å². The van der Waals surface area contributed by atoms with E-state index >= 15 is 0 Å². The van der Waals surface area contributed by atoms with Crippen LogP contribution in [-0.4, -0.2) is 47.0 Å². The van der Waals surface area contributed by atoms with Crippen molar-refractivity contribution >= 4 is 21.8 Å². The van der Waals surface area contributed by atoms with Gasteiger partial charge in [0.2, 0.25) is 0 Å². The molecule has 3 heterocycles. The fourth-order valence-corrected chi connectivity index (χ4v) is 4.84. The molecule has 1 unspecified atom stereocenters. The fourth-order valence-electron chi connectivity index (χ4n) is 4.58. The molecule has 170 valence electrons. The molecule has 7 heteroatoms. The number of rotatable bonds is 5. The Bertz CT molecular complexity index is 1090. The summed E-state index contributed by atoms with van der Waals surface area (Å²) in [6, 6.07) is 8.41. The van der Waals surface area contributed by atoms with E-state index in [-0.39, 0.29) is 11.8 Å². The summed E-state index contributed by atoms with van der Waals surface area (Å²) in [5, 5.41) is 4.07. The first-order valence-electron chi connectivity index (χ1n) is 11.0. The van der Waals surface area contributed by atoms with Crippen molar-refractivity contribution in [3.05, 3.63) is 74.0 Å². The molecule has 0 saturated carbocycles. The van der Waals surface area contributed by atoms with Gasteiger partial charge in [-0.2, -0.15) is 0 Å². The summed E-state index contributed by atoms with van der Waals surface area (Å²) in [6.45, 7) is 13.9. The molecule has 0 aliphatic carbocycles. The van der Waals surface area contributed by atoms with E-state index in [0.717, 1.165) is 58.0 Å². The lowest BCUT2D eigenvalue weighted by Gasteiger charge is -2.34. The van der Waals surface area contributed by atoms with Crippen LogP contribution in [0.1, 0.15) is 62.9 Å². The molecule has 2 aromatic heterocycles. The number of carbonyl (C=O) groups excluding carboxylic acids is 1. The van der Waals surface area contributed by atoms with Crippen LogP contribution in [0, 0.1) is 27.7 Å². The highest BCUT2D eigenvalue weighted by Gasteiger charge is 2.30. The number of piperazine rings is 1. The highest BCUT2D eigenvalue weighted by molar-refractivity contribution is 9.10. The number of carbonyl (C=O) groups is 1. The van der Waals surface area contributed by atoms with Crippen molar-refractivity contribution in [3.63, 3.8) is 0 Å². The van der Waals surface area contributed by atoms with Crippen LogP contribution in [0.3, 0.4) is 0 Å². The quantitative estimate of drug-likeness (QED) is 0.471. The molecule has 1 saturated heterocycles. The fraction of sp³-hybridized carbons (Fsp3) is 0.440. The predicted octanol–water partition coefficient (Wildman–Crippen LogP) is 5.37. The summed E-state index contributed by atoms with van der Waals surface area (Å²) in [7, 11) is 0. The normalized spacial score (nSPS) is 15.9. The molecule has 0 bridgehead atoms. The monoisotopic (exact) mass is 499 g/mol. The average Bonchev–Trinajstić information content (AvgIpc) is 3.27. The molecule has 1 amide bonds. The van der Waals surface area contributed by atoms with Crippen molar-refractivity contribution in [1.29, 1.82) is 0 Å². The molecule has 4 rings (SSSR count). The van der Waals surface area contributed by atoms with Gasteiger partial charge in [0.1, 0.15) is 11.5 Å². The maximum absolute atomic E-state index is 13.3. The van der Waals surface area contributed by atoms with Gasteiger partial charge in [0, 0.05) is 54.2 Å². The summed E-state index contributed by atoms with van der Waals surface area (Å²) in [5.41, 5.74) is 5.11. The third kappa shape index (κ3) is 4.41. The van der Waals surface area contributed by atoms with E-state index in [9.17, 15) is 4.79 Å². The van der Waals surface area contributed by atoms with Crippen molar-refractivity contribution in [3.8, 4) is 0 Å². The van der Waals surface area contributed by atoms with Crippen molar-refractivity contribution in [1.82, 2.24) is 15.0 Å². The third-order valence-electron chi connectivity index (χ3n) is 6.57. The Morgan fingerprint density at radius 2 is 1.72 bits per heavy atom. The molecule has 6 nitrogen and oxygen atoms in total. The van der Waals surface area contributed by atoms with Gasteiger partial charge in [-0.05, 0) is 51.0 Å². The van der Waals surface area contributed by atoms with Gasteiger partial charge < -0.3 is 13.8 Å². The lowest BCUT2D eigenvalue weighted by molar-refractivity contribution is 0.0595. The van der Waals surface area contributed by atoms with Crippen molar-refractivity contribution in [2.24, 2.45) is 0 Å². The molecule has 1 aliphatic heterocycles. The Kier molecular flexibility index (Phi) is 6.58. The molecular formula is C25H30BrN3O3. The first-order chi connectivity index (χ1) is 15.3. The Morgan fingerprint density at radius 1 is 1.06 bits per heavy atom. The van der Waals surface area contributed by atoms with E-state index in [4.69, 9.17) is 8.94 Å². The SMILES string of the molecule is Cc1noc(C)c1C(C)c1oc(C(=O)N2CCN(Cc3ccc(Br)cc3)CC2)c(C)c1C. The number of hydrogen-bond acceptors (Lipinski definition) is 5. The molecule has 1 aromatic carbocycles. The van der Waals surface area contributed by atoms with Crippen LogP contribution in [-0.2, 0) is 6.54 Å². The second-order valence-electron chi connectivity index (χ2n) is 8.70. The Morgan fingerprint density at radius 3 is 2.31 bits per heavy atom. The van der Waals surface area contributed by atoms with E-state index in [1.54, 1.807) is 0 Å². The Balaban J connectivity index is 1.45. The average molecular weight is 500 g/mol. The zero-order chi connectivity index (χ0) is 23.0. The lowest BCUT2D eigenvalue weighted by Crippen LogP contribution is -2.48. The summed E-state index contributed by atoms with van der Waals surface area (Å²) < 4.78 is 12.6. The summed E-state index contributed by atoms with van der Waals surface area (Å²) >= 11 is 3.48. The van der Waals surface area contributed by atoms with E-state index in [1.807, 2.05) is 32.6 Å². The van der Waals surface area contributed by atoms with E-state index < -0.39 is 0 Å². The third-order valence-corrected chi connectivity index (χ3v) is 7.10. The van der Waals surface area contributed by atoms with Gasteiger partial charge >= 0.3 is 0 Å². The standard InChI is InChI=1S/C25H30BrN3O3/c1-15-16(2)24(31-23(15)17(3)22-18(4)27-32-19(22)5)25(30)29-12-10-28(11-13-29)14-20-6-8-21(26)9-7-20/h6-9,17H,10-14H2,1-5H3. The maximum Gasteiger partial charge on any atom is 0.289 e. The minimum absolute atomic E-state index is 0.0221. The topological polar surface area (TPSA) is 62.7 Å². The highest BCUT2D eigenvalue weighted by Crippen LogP contribution is 2.35.